The van der Waals surface area contributed by atoms with Crippen molar-refractivity contribution >= 4 is 10.0 Å². The maximum Gasteiger partial charge on any atom is 0.276 e. The number of fused-ring (bicyclic) bond motifs is 1. The first kappa shape index (κ1) is 14.1. The Balaban J connectivity index is 1.77. The van der Waals surface area contributed by atoms with Gasteiger partial charge < -0.3 is 9.52 Å². The zero-order valence-corrected chi connectivity index (χ0v) is 12.3. The van der Waals surface area contributed by atoms with Crippen LogP contribution in [0, 0.1) is 11.8 Å². The zero-order valence-electron chi connectivity index (χ0n) is 11.5. The smallest absolute Gasteiger partial charge is 0.276 e. The molecule has 0 aromatic carbocycles. The Hall–Kier alpha value is -0.850. The van der Waals surface area contributed by atoms with Gasteiger partial charge in [0, 0.05) is 13.1 Å². The average Bonchev–Trinajstić information content (AvgIpc) is 2.96. The van der Waals surface area contributed by atoms with Gasteiger partial charge >= 0.3 is 0 Å². The van der Waals surface area contributed by atoms with E-state index in [4.69, 9.17) is 9.52 Å². The van der Waals surface area contributed by atoms with E-state index in [1.807, 2.05) is 0 Å². The van der Waals surface area contributed by atoms with Crippen LogP contribution in [0.15, 0.2) is 21.6 Å². The van der Waals surface area contributed by atoms with E-state index in [1.165, 1.54) is 31.4 Å². The summed E-state index contributed by atoms with van der Waals surface area (Å²) in [5, 5.41) is 8.93. The van der Waals surface area contributed by atoms with Gasteiger partial charge in [0.1, 0.15) is 12.4 Å². The normalized spacial score (nSPS) is 28.2. The number of hydrogen-bond donors (Lipinski definition) is 1. The number of aliphatic hydroxyl groups is 1. The minimum absolute atomic E-state index is 0.0455. The van der Waals surface area contributed by atoms with Gasteiger partial charge in [-0.05, 0) is 36.8 Å². The van der Waals surface area contributed by atoms with E-state index in [9.17, 15) is 8.42 Å². The van der Waals surface area contributed by atoms with Crippen LogP contribution in [-0.2, 0) is 16.6 Å². The van der Waals surface area contributed by atoms with Crippen LogP contribution in [0.5, 0.6) is 0 Å². The molecule has 6 heteroatoms. The van der Waals surface area contributed by atoms with Crippen molar-refractivity contribution in [1.82, 2.24) is 4.31 Å². The second kappa shape index (κ2) is 5.50. The predicted molar refractivity (Wildman–Crippen MR) is 73.5 cm³/mol. The molecule has 1 aliphatic heterocycles. The zero-order chi connectivity index (χ0) is 14.2. The summed E-state index contributed by atoms with van der Waals surface area (Å²) in [6.45, 7) is 0.918. The first-order valence-electron chi connectivity index (χ1n) is 7.31. The molecule has 0 amide bonds. The van der Waals surface area contributed by atoms with E-state index in [0.717, 1.165) is 12.8 Å². The van der Waals surface area contributed by atoms with Gasteiger partial charge in [-0.3, -0.25) is 0 Å². The molecular weight excluding hydrogens is 278 g/mol. The molecular formula is C14H21NO4S. The van der Waals surface area contributed by atoms with Gasteiger partial charge in [-0.1, -0.05) is 19.3 Å². The summed E-state index contributed by atoms with van der Waals surface area (Å²) in [5.74, 6) is 1.48. The summed E-state index contributed by atoms with van der Waals surface area (Å²) in [5.41, 5.74) is 0. The van der Waals surface area contributed by atoms with E-state index in [1.54, 1.807) is 4.31 Å². The standard InChI is InChI=1S/C14H21NO4S/c16-10-13-5-6-14(19-13)20(17,18)15-8-7-11-3-1-2-4-12(11)9-15/h5-6,11-12,16H,1-4,7-10H2. The van der Waals surface area contributed by atoms with Gasteiger partial charge in [-0.2, -0.15) is 4.31 Å². The summed E-state index contributed by atoms with van der Waals surface area (Å²) < 4.78 is 31.8. The van der Waals surface area contributed by atoms with Crippen molar-refractivity contribution < 1.29 is 17.9 Å². The maximum absolute atomic E-state index is 12.5. The summed E-state index contributed by atoms with van der Waals surface area (Å²) in [7, 11) is -3.55. The van der Waals surface area contributed by atoms with Crippen molar-refractivity contribution in [2.45, 2.75) is 43.8 Å². The van der Waals surface area contributed by atoms with Crippen molar-refractivity contribution in [3.8, 4) is 0 Å². The molecule has 5 nitrogen and oxygen atoms in total. The van der Waals surface area contributed by atoms with Gasteiger partial charge in [-0.15, -0.1) is 0 Å². The number of aliphatic hydroxyl groups excluding tert-OH is 1. The number of rotatable bonds is 3. The number of piperidine rings is 1. The van der Waals surface area contributed by atoms with Gasteiger partial charge in [0.05, 0.1) is 0 Å². The van der Waals surface area contributed by atoms with Crippen molar-refractivity contribution in [3.63, 3.8) is 0 Å². The van der Waals surface area contributed by atoms with Crippen molar-refractivity contribution in [3.05, 3.63) is 17.9 Å². The van der Waals surface area contributed by atoms with E-state index < -0.39 is 10.0 Å². The van der Waals surface area contributed by atoms with Crippen LogP contribution in [-0.4, -0.2) is 30.9 Å². The lowest BCUT2D eigenvalue weighted by molar-refractivity contribution is 0.135. The van der Waals surface area contributed by atoms with Crippen LogP contribution in [0.25, 0.3) is 0 Å². The number of nitrogens with zero attached hydrogens (tertiary/aromatic N) is 1. The third-order valence-corrected chi connectivity index (χ3v) is 6.38. The molecule has 2 heterocycles. The minimum atomic E-state index is -3.55. The first-order chi connectivity index (χ1) is 9.61. The first-order valence-corrected chi connectivity index (χ1v) is 8.75. The van der Waals surface area contributed by atoms with Crippen LogP contribution in [0.1, 0.15) is 37.9 Å². The summed E-state index contributed by atoms with van der Waals surface area (Å²) in [6, 6.07) is 2.95. The molecule has 2 atom stereocenters. The van der Waals surface area contributed by atoms with E-state index in [2.05, 4.69) is 0 Å². The molecule has 0 spiro atoms. The highest BCUT2D eigenvalue weighted by atomic mass is 32.2. The third-order valence-electron chi connectivity index (χ3n) is 4.64. The molecule has 0 radical (unpaired) electrons. The highest BCUT2D eigenvalue weighted by Crippen LogP contribution is 2.37. The molecule has 112 valence electrons. The lowest BCUT2D eigenvalue weighted by Crippen LogP contribution is -2.44. The van der Waals surface area contributed by atoms with E-state index in [-0.39, 0.29) is 17.5 Å². The fraction of sp³-hybridized carbons (Fsp3) is 0.714. The fourth-order valence-electron chi connectivity index (χ4n) is 3.49. The molecule has 1 saturated carbocycles. The Labute approximate surface area is 119 Å². The van der Waals surface area contributed by atoms with Crippen molar-refractivity contribution in [1.29, 1.82) is 0 Å². The number of hydrogen-bond acceptors (Lipinski definition) is 4. The van der Waals surface area contributed by atoms with Gasteiger partial charge in [0.15, 0.2) is 0 Å². The Kier molecular flexibility index (Phi) is 3.88. The molecule has 1 aliphatic carbocycles. The lowest BCUT2D eigenvalue weighted by atomic mass is 9.76. The fourth-order valence-corrected chi connectivity index (χ4v) is 4.94. The summed E-state index contributed by atoms with van der Waals surface area (Å²) in [4.78, 5) is 0. The van der Waals surface area contributed by atoms with Crippen LogP contribution in [0.4, 0.5) is 0 Å². The second-order valence-electron chi connectivity index (χ2n) is 5.84. The van der Waals surface area contributed by atoms with Crippen LogP contribution in [0.2, 0.25) is 0 Å². The Bertz CT molecular complexity index is 565. The van der Waals surface area contributed by atoms with E-state index in [0.29, 0.717) is 24.9 Å². The highest BCUT2D eigenvalue weighted by molar-refractivity contribution is 7.89. The molecule has 2 unspecified atom stereocenters. The molecule has 1 N–H and O–H groups in total. The summed E-state index contributed by atoms with van der Waals surface area (Å²) in [6.07, 6.45) is 5.83. The molecule has 2 aliphatic rings. The Morgan fingerprint density at radius 3 is 2.65 bits per heavy atom. The molecule has 2 fully saturated rings. The molecule has 0 bridgehead atoms. The quantitative estimate of drug-likeness (QED) is 0.926. The van der Waals surface area contributed by atoms with Crippen LogP contribution >= 0.6 is 0 Å². The van der Waals surface area contributed by atoms with Gasteiger partial charge in [-0.25, -0.2) is 8.42 Å². The third kappa shape index (κ3) is 2.52. The molecule has 1 aromatic rings. The van der Waals surface area contributed by atoms with Crippen LogP contribution < -0.4 is 0 Å². The van der Waals surface area contributed by atoms with Gasteiger partial charge in [0.25, 0.3) is 10.0 Å². The number of sulfonamides is 1. The topological polar surface area (TPSA) is 70.8 Å². The largest absolute Gasteiger partial charge is 0.446 e. The molecule has 1 saturated heterocycles. The number of furan rings is 1. The van der Waals surface area contributed by atoms with Crippen molar-refractivity contribution in [2.75, 3.05) is 13.1 Å². The van der Waals surface area contributed by atoms with Crippen LogP contribution in [0.3, 0.4) is 0 Å². The highest BCUT2D eigenvalue weighted by Gasteiger charge is 2.37. The summed E-state index contributed by atoms with van der Waals surface area (Å²) >= 11 is 0. The average molecular weight is 299 g/mol. The molecule has 20 heavy (non-hydrogen) atoms. The van der Waals surface area contributed by atoms with Crippen molar-refractivity contribution in [2.24, 2.45) is 11.8 Å². The second-order valence-corrected chi connectivity index (χ2v) is 7.70. The molecule has 3 rings (SSSR count). The Morgan fingerprint density at radius 1 is 1.20 bits per heavy atom. The molecule has 1 aromatic heterocycles. The predicted octanol–water partition coefficient (Wildman–Crippen LogP) is 1.97. The Morgan fingerprint density at radius 2 is 1.95 bits per heavy atom. The van der Waals surface area contributed by atoms with Gasteiger partial charge in [0.2, 0.25) is 5.09 Å². The monoisotopic (exact) mass is 299 g/mol. The maximum atomic E-state index is 12.5. The SMILES string of the molecule is O=S(=O)(c1ccc(CO)o1)N1CCC2CCCCC2C1. The lowest BCUT2D eigenvalue weighted by Gasteiger charge is -2.40. The van der Waals surface area contributed by atoms with E-state index >= 15 is 0 Å². The minimum Gasteiger partial charge on any atom is -0.446 e.